The van der Waals surface area contributed by atoms with Gasteiger partial charge in [-0.1, -0.05) is 0 Å². The number of rotatable bonds is 5. The smallest absolute Gasteiger partial charge is 0.325 e. The molecule has 2 aromatic rings. The van der Waals surface area contributed by atoms with Gasteiger partial charge in [-0.15, -0.1) is 0 Å². The second kappa shape index (κ2) is 8.74. The highest BCUT2D eigenvalue weighted by Gasteiger charge is 2.33. The van der Waals surface area contributed by atoms with E-state index in [-0.39, 0.29) is 18.5 Å². The summed E-state index contributed by atoms with van der Waals surface area (Å²) in [5, 5.41) is 0. The van der Waals surface area contributed by atoms with Gasteiger partial charge >= 0.3 is 6.03 Å². The van der Waals surface area contributed by atoms with E-state index in [1.165, 1.54) is 21.4 Å². The van der Waals surface area contributed by atoms with Crippen LogP contribution in [-0.2, 0) is 11.3 Å². The Morgan fingerprint density at radius 1 is 0.933 bits per heavy atom. The number of aromatic nitrogens is 1. The quantitative estimate of drug-likeness (QED) is 0.749. The lowest BCUT2D eigenvalue weighted by molar-refractivity contribution is -0.133. The van der Waals surface area contributed by atoms with Crippen LogP contribution < -0.4 is 4.90 Å². The van der Waals surface area contributed by atoms with Crippen molar-refractivity contribution in [1.82, 2.24) is 19.7 Å². The van der Waals surface area contributed by atoms with Crippen molar-refractivity contribution < 1.29 is 18.4 Å². The standard InChI is InChI=1S/C21H23F2N5O2/c22-18-2-1-17(13-19(18)23)28-12-11-27(21(28)30)15-20(29)26-9-7-25(8-10-26)14-16-3-5-24-6-4-16/h1-6,13H,7-12,14-15H2. The third-order valence-corrected chi connectivity index (χ3v) is 5.52. The zero-order valence-corrected chi connectivity index (χ0v) is 16.5. The van der Waals surface area contributed by atoms with E-state index in [0.717, 1.165) is 31.8 Å². The summed E-state index contributed by atoms with van der Waals surface area (Å²) in [4.78, 5) is 36.2. The molecular formula is C21H23F2N5O2. The molecule has 2 saturated heterocycles. The molecule has 2 aliphatic heterocycles. The minimum atomic E-state index is -1.00. The summed E-state index contributed by atoms with van der Waals surface area (Å²) in [6, 6.07) is 6.96. The first-order chi connectivity index (χ1) is 14.5. The Bertz CT molecular complexity index is 919. The maximum Gasteiger partial charge on any atom is 0.325 e. The number of halogens is 2. The summed E-state index contributed by atoms with van der Waals surface area (Å²) in [7, 11) is 0. The minimum Gasteiger partial charge on any atom is -0.339 e. The van der Waals surface area contributed by atoms with Crippen molar-refractivity contribution in [3.63, 3.8) is 0 Å². The Hall–Kier alpha value is -3.07. The molecule has 0 saturated carbocycles. The second-order valence-corrected chi connectivity index (χ2v) is 7.47. The molecule has 158 valence electrons. The highest BCUT2D eigenvalue weighted by Crippen LogP contribution is 2.22. The summed E-state index contributed by atoms with van der Waals surface area (Å²) in [6.07, 6.45) is 3.54. The molecule has 7 nitrogen and oxygen atoms in total. The number of hydrogen-bond acceptors (Lipinski definition) is 4. The monoisotopic (exact) mass is 415 g/mol. The number of urea groups is 1. The zero-order valence-electron chi connectivity index (χ0n) is 16.5. The van der Waals surface area contributed by atoms with Gasteiger partial charge in [0.05, 0.1) is 0 Å². The van der Waals surface area contributed by atoms with Gasteiger partial charge in [0, 0.05) is 70.0 Å². The average Bonchev–Trinajstić information content (AvgIpc) is 3.11. The topological polar surface area (TPSA) is 60.0 Å². The number of benzene rings is 1. The third-order valence-electron chi connectivity index (χ3n) is 5.52. The van der Waals surface area contributed by atoms with Crippen molar-refractivity contribution in [2.75, 3.05) is 50.7 Å². The van der Waals surface area contributed by atoms with Crippen molar-refractivity contribution in [3.05, 3.63) is 59.9 Å². The second-order valence-electron chi connectivity index (χ2n) is 7.47. The lowest BCUT2D eigenvalue weighted by Crippen LogP contribution is -2.51. The maximum atomic E-state index is 13.5. The predicted octanol–water partition coefficient (Wildman–Crippen LogP) is 1.95. The Kier molecular flexibility index (Phi) is 5.89. The Morgan fingerprint density at radius 3 is 2.37 bits per heavy atom. The van der Waals surface area contributed by atoms with Crippen LogP contribution >= 0.6 is 0 Å². The number of carbonyl (C=O) groups is 2. The highest BCUT2D eigenvalue weighted by molar-refractivity contribution is 5.96. The van der Waals surface area contributed by atoms with Crippen LogP contribution in [0.25, 0.3) is 0 Å². The molecule has 0 radical (unpaired) electrons. The fraction of sp³-hybridized carbons (Fsp3) is 0.381. The fourth-order valence-corrected chi connectivity index (χ4v) is 3.79. The molecule has 4 rings (SSSR count). The first-order valence-electron chi connectivity index (χ1n) is 9.92. The van der Waals surface area contributed by atoms with Gasteiger partial charge < -0.3 is 9.80 Å². The summed E-state index contributed by atoms with van der Waals surface area (Å²) in [5.74, 6) is -2.06. The molecule has 0 N–H and O–H groups in total. The number of pyridine rings is 1. The molecule has 1 aromatic carbocycles. The number of amides is 3. The van der Waals surface area contributed by atoms with E-state index >= 15 is 0 Å². The lowest BCUT2D eigenvalue weighted by atomic mass is 10.2. The van der Waals surface area contributed by atoms with Crippen molar-refractivity contribution in [1.29, 1.82) is 0 Å². The van der Waals surface area contributed by atoms with Crippen LogP contribution in [0.4, 0.5) is 19.3 Å². The summed E-state index contributed by atoms with van der Waals surface area (Å²) in [5.41, 5.74) is 1.48. The summed E-state index contributed by atoms with van der Waals surface area (Å²) in [6.45, 7) is 4.26. The number of hydrogen-bond donors (Lipinski definition) is 0. The van der Waals surface area contributed by atoms with E-state index < -0.39 is 11.6 Å². The third kappa shape index (κ3) is 4.40. The Morgan fingerprint density at radius 2 is 1.67 bits per heavy atom. The molecule has 3 amide bonds. The fourth-order valence-electron chi connectivity index (χ4n) is 3.79. The zero-order chi connectivity index (χ0) is 21.1. The van der Waals surface area contributed by atoms with Crippen LogP contribution in [0, 0.1) is 11.6 Å². The molecular weight excluding hydrogens is 392 g/mol. The summed E-state index contributed by atoms with van der Waals surface area (Å²) < 4.78 is 26.6. The van der Waals surface area contributed by atoms with Crippen LogP contribution in [0.3, 0.4) is 0 Å². The molecule has 0 unspecified atom stereocenters. The molecule has 3 heterocycles. The van der Waals surface area contributed by atoms with Crippen LogP contribution in [0.15, 0.2) is 42.7 Å². The van der Waals surface area contributed by atoms with Crippen LogP contribution in [0.5, 0.6) is 0 Å². The molecule has 0 bridgehead atoms. The van der Waals surface area contributed by atoms with Crippen LogP contribution in [0.2, 0.25) is 0 Å². The molecule has 30 heavy (non-hydrogen) atoms. The van der Waals surface area contributed by atoms with E-state index in [4.69, 9.17) is 0 Å². The summed E-state index contributed by atoms with van der Waals surface area (Å²) >= 11 is 0. The van der Waals surface area contributed by atoms with Crippen molar-refractivity contribution in [2.24, 2.45) is 0 Å². The number of anilines is 1. The molecule has 0 atom stereocenters. The SMILES string of the molecule is O=C(CN1CCN(c2ccc(F)c(F)c2)C1=O)N1CCN(Cc2ccncc2)CC1. The van der Waals surface area contributed by atoms with Crippen molar-refractivity contribution >= 4 is 17.6 Å². The number of nitrogens with zero attached hydrogens (tertiary/aromatic N) is 5. The lowest BCUT2D eigenvalue weighted by Gasteiger charge is -2.35. The van der Waals surface area contributed by atoms with Crippen molar-refractivity contribution in [2.45, 2.75) is 6.54 Å². The van der Waals surface area contributed by atoms with Crippen LogP contribution in [0.1, 0.15) is 5.56 Å². The van der Waals surface area contributed by atoms with Crippen LogP contribution in [-0.4, -0.2) is 77.4 Å². The van der Waals surface area contributed by atoms with E-state index in [1.807, 2.05) is 12.1 Å². The minimum absolute atomic E-state index is 0.0106. The number of piperazine rings is 1. The van der Waals surface area contributed by atoms with E-state index in [9.17, 15) is 18.4 Å². The number of carbonyl (C=O) groups excluding carboxylic acids is 2. The predicted molar refractivity (Wildman–Crippen MR) is 107 cm³/mol. The largest absolute Gasteiger partial charge is 0.339 e. The maximum absolute atomic E-state index is 13.5. The Labute approximate surface area is 173 Å². The van der Waals surface area contributed by atoms with Gasteiger partial charge in [0.1, 0.15) is 6.54 Å². The average molecular weight is 415 g/mol. The van der Waals surface area contributed by atoms with Gasteiger partial charge in [-0.2, -0.15) is 0 Å². The van der Waals surface area contributed by atoms with Gasteiger partial charge in [-0.3, -0.25) is 19.6 Å². The van der Waals surface area contributed by atoms with Gasteiger partial charge in [-0.05, 0) is 29.8 Å². The van der Waals surface area contributed by atoms with E-state index in [2.05, 4.69) is 9.88 Å². The first-order valence-corrected chi connectivity index (χ1v) is 9.92. The molecule has 0 spiro atoms. The van der Waals surface area contributed by atoms with E-state index in [1.54, 1.807) is 17.3 Å². The molecule has 2 aliphatic rings. The van der Waals surface area contributed by atoms with Gasteiger partial charge in [0.2, 0.25) is 5.91 Å². The molecule has 0 aliphatic carbocycles. The molecule has 9 heteroatoms. The van der Waals surface area contributed by atoms with Gasteiger partial charge in [0.15, 0.2) is 11.6 Å². The first kappa shape index (κ1) is 20.2. The van der Waals surface area contributed by atoms with Gasteiger partial charge in [-0.25, -0.2) is 13.6 Å². The molecule has 2 fully saturated rings. The normalized spacial score (nSPS) is 17.7. The Balaban J connectivity index is 1.28. The van der Waals surface area contributed by atoms with Gasteiger partial charge in [0.25, 0.3) is 0 Å². The molecule has 1 aromatic heterocycles. The highest BCUT2D eigenvalue weighted by atomic mass is 19.2. The van der Waals surface area contributed by atoms with Crippen molar-refractivity contribution in [3.8, 4) is 0 Å². The van der Waals surface area contributed by atoms with E-state index in [0.29, 0.717) is 31.9 Å².